The number of hydrazone groups is 1. The van der Waals surface area contributed by atoms with Gasteiger partial charge in [-0.2, -0.15) is 5.10 Å². The van der Waals surface area contributed by atoms with E-state index in [4.69, 9.17) is 0 Å². The molecule has 0 atom stereocenters. The Kier molecular flexibility index (Phi) is 6.14. The maximum Gasteiger partial charge on any atom is 0.273 e. The number of phenolic OH excluding ortho intramolecular Hbond substituents is 1. The van der Waals surface area contributed by atoms with Crippen LogP contribution in [0.4, 0.5) is 11.4 Å². The summed E-state index contributed by atoms with van der Waals surface area (Å²) in [5.74, 6) is -1.07. The van der Waals surface area contributed by atoms with Crippen LogP contribution >= 0.6 is 0 Å². The van der Waals surface area contributed by atoms with Gasteiger partial charge in [0.15, 0.2) is 0 Å². The number of nitrogens with one attached hydrogen (secondary N) is 2. The molecule has 0 radical (unpaired) electrons. The van der Waals surface area contributed by atoms with Gasteiger partial charge in [0, 0.05) is 23.3 Å². The molecule has 0 fully saturated rings. The molecule has 3 rings (SSSR count). The van der Waals surface area contributed by atoms with Gasteiger partial charge in [0.05, 0.1) is 22.4 Å². The molecule has 9 heteroatoms. The number of hydrogen-bond acceptors (Lipinski definition) is 6. The van der Waals surface area contributed by atoms with Crippen LogP contribution in [-0.4, -0.2) is 28.1 Å². The van der Waals surface area contributed by atoms with Gasteiger partial charge >= 0.3 is 0 Å². The number of hydrogen-bond donors (Lipinski definition) is 3. The predicted molar refractivity (Wildman–Crippen MR) is 111 cm³/mol. The van der Waals surface area contributed by atoms with Gasteiger partial charge in [-0.15, -0.1) is 0 Å². The van der Waals surface area contributed by atoms with Gasteiger partial charge in [-0.1, -0.05) is 24.3 Å². The first-order valence-corrected chi connectivity index (χ1v) is 8.72. The van der Waals surface area contributed by atoms with Crippen molar-refractivity contribution in [1.29, 1.82) is 0 Å². The van der Waals surface area contributed by atoms with Crippen molar-refractivity contribution in [1.82, 2.24) is 5.43 Å². The molecule has 3 N–H and O–H groups in total. The molecule has 0 unspecified atom stereocenters. The third-order valence-electron chi connectivity index (χ3n) is 4.07. The SMILES string of the molecule is O=C(Nc1ccccc1C(=O)N/N=C\c1ccccc1O)c1ccc([N+](=O)[O-])cc1. The lowest BCUT2D eigenvalue weighted by Gasteiger charge is -2.10. The van der Waals surface area contributed by atoms with Crippen molar-refractivity contribution in [2.45, 2.75) is 0 Å². The molecular formula is C21H16N4O5. The summed E-state index contributed by atoms with van der Waals surface area (Å²) < 4.78 is 0. The van der Waals surface area contributed by atoms with Crippen LogP contribution in [0.25, 0.3) is 0 Å². The lowest BCUT2D eigenvalue weighted by molar-refractivity contribution is -0.384. The van der Waals surface area contributed by atoms with E-state index in [1.54, 1.807) is 36.4 Å². The minimum atomic E-state index is -0.568. The molecule has 3 aromatic carbocycles. The molecule has 3 aromatic rings. The first-order chi connectivity index (χ1) is 14.5. The van der Waals surface area contributed by atoms with Crippen LogP contribution in [0.2, 0.25) is 0 Å². The lowest BCUT2D eigenvalue weighted by Crippen LogP contribution is -2.21. The topological polar surface area (TPSA) is 134 Å². The first kappa shape index (κ1) is 20.2. The molecule has 0 aromatic heterocycles. The zero-order valence-electron chi connectivity index (χ0n) is 15.5. The van der Waals surface area contributed by atoms with Crippen LogP contribution in [0.15, 0.2) is 77.9 Å². The molecule has 150 valence electrons. The number of anilines is 1. The fourth-order valence-corrected chi connectivity index (χ4v) is 2.54. The van der Waals surface area contributed by atoms with E-state index in [2.05, 4.69) is 15.8 Å². The van der Waals surface area contributed by atoms with Crippen molar-refractivity contribution in [3.8, 4) is 5.75 Å². The zero-order chi connectivity index (χ0) is 21.5. The summed E-state index contributed by atoms with van der Waals surface area (Å²) in [4.78, 5) is 35.1. The maximum absolute atomic E-state index is 12.5. The Morgan fingerprint density at radius 3 is 2.30 bits per heavy atom. The molecule has 0 heterocycles. The smallest absolute Gasteiger partial charge is 0.273 e. The van der Waals surface area contributed by atoms with Crippen LogP contribution in [0.5, 0.6) is 5.75 Å². The highest BCUT2D eigenvalue weighted by Crippen LogP contribution is 2.18. The van der Waals surface area contributed by atoms with Gasteiger partial charge in [0.2, 0.25) is 0 Å². The average molecular weight is 404 g/mol. The second-order valence-electron chi connectivity index (χ2n) is 6.06. The Balaban J connectivity index is 1.72. The second kappa shape index (κ2) is 9.11. The Hall–Kier alpha value is -4.53. The van der Waals surface area contributed by atoms with Gasteiger partial charge in [-0.05, 0) is 36.4 Å². The quantitative estimate of drug-likeness (QED) is 0.329. The monoisotopic (exact) mass is 404 g/mol. The van der Waals surface area contributed by atoms with E-state index in [1.807, 2.05) is 0 Å². The molecule has 0 aliphatic heterocycles. The Morgan fingerprint density at radius 2 is 1.60 bits per heavy atom. The number of nitro benzene ring substituents is 1. The summed E-state index contributed by atoms with van der Waals surface area (Å²) in [6, 6.07) is 17.9. The van der Waals surface area contributed by atoms with E-state index < -0.39 is 16.7 Å². The highest BCUT2D eigenvalue weighted by Gasteiger charge is 2.15. The van der Waals surface area contributed by atoms with E-state index in [1.165, 1.54) is 42.6 Å². The number of non-ortho nitro benzene ring substituents is 1. The zero-order valence-corrected chi connectivity index (χ0v) is 15.5. The molecule has 0 saturated heterocycles. The summed E-state index contributed by atoms with van der Waals surface area (Å²) in [7, 11) is 0. The van der Waals surface area contributed by atoms with Crippen LogP contribution < -0.4 is 10.7 Å². The fraction of sp³-hybridized carbons (Fsp3) is 0. The third-order valence-corrected chi connectivity index (χ3v) is 4.07. The van der Waals surface area contributed by atoms with Gasteiger partial charge in [0.25, 0.3) is 17.5 Å². The molecule has 0 aliphatic rings. The molecule has 0 bridgehead atoms. The number of carbonyl (C=O) groups is 2. The Bertz CT molecular complexity index is 1130. The van der Waals surface area contributed by atoms with E-state index in [0.717, 1.165) is 0 Å². The van der Waals surface area contributed by atoms with Crippen LogP contribution in [0.3, 0.4) is 0 Å². The molecule has 2 amide bonds. The number of carbonyl (C=O) groups excluding carboxylic acids is 2. The Morgan fingerprint density at radius 1 is 0.933 bits per heavy atom. The van der Waals surface area contributed by atoms with E-state index in [-0.39, 0.29) is 28.3 Å². The highest BCUT2D eigenvalue weighted by atomic mass is 16.6. The minimum Gasteiger partial charge on any atom is -0.507 e. The van der Waals surface area contributed by atoms with Crippen molar-refractivity contribution in [2.24, 2.45) is 5.10 Å². The number of nitro groups is 1. The van der Waals surface area contributed by atoms with Crippen molar-refractivity contribution < 1.29 is 19.6 Å². The largest absolute Gasteiger partial charge is 0.507 e. The number of nitrogens with zero attached hydrogens (tertiary/aromatic N) is 2. The van der Waals surface area contributed by atoms with E-state index in [0.29, 0.717) is 5.56 Å². The predicted octanol–water partition coefficient (Wildman–Crippen LogP) is 3.32. The molecule has 9 nitrogen and oxygen atoms in total. The van der Waals surface area contributed by atoms with E-state index >= 15 is 0 Å². The maximum atomic E-state index is 12.5. The van der Waals surface area contributed by atoms with Gasteiger partial charge < -0.3 is 10.4 Å². The molecule has 0 spiro atoms. The van der Waals surface area contributed by atoms with Gasteiger partial charge in [-0.25, -0.2) is 5.43 Å². The van der Waals surface area contributed by atoms with Crippen molar-refractivity contribution >= 4 is 29.4 Å². The van der Waals surface area contributed by atoms with Crippen LogP contribution in [0, 0.1) is 10.1 Å². The lowest BCUT2D eigenvalue weighted by atomic mass is 10.1. The summed E-state index contributed by atoms with van der Waals surface area (Å²) in [6.07, 6.45) is 1.30. The first-order valence-electron chi connectivity index (χ1n) is 8.72. The van der Waals surface area contributed by atoms with Gasteiger partial charge in [-0.3, -0.25) is 19.7 Å². The standard InChI is InChI=1S/C21H16N4O5/c26-19-8-4-1-5-15(19)13-22-24-21(28)17-6-2-3-7-18(17)23-20(27)14-9-11-16(12-10-14)25(29)30/h1-13,26H,(H,23,27)(H,24,28)/b22-13-. The second-order valence-corrected chi connectivity index (χ2v) is 6.06. The number of phenols is 1. The molecule has 30 heavy (non-hydrogen) atoms. The third kappa shape index (κ3) is 4.84. The number of aromatic hydroxyl groups is 1. The summed E-state index contributed by atoms with van der Waals surface area (Å²) in [5, 5.41) is 26.9. The number of para-hydroxylation sites is 2. The number of benzene rings is 3. The Labute approximate surface area is 170 Å². The minimum absolute atomic E-state index is 0.0197. The highest BCUT2D eigenvalue weighted by molar-refractivity contribution is 6.09. The molecular weight excluding hydrogens is 388 g/mol. The van der Waals surface area contributed by atoms with E-state index in [9.17, 15) is 24.8 Å². The van der Waals surface area contributed by atoms with Crippen LogP contribution in [0.1, 0.15) is 26.3 Å². The van der Waals surface area contributed by atoms with Gasteiger partial charge in [0.1, 0.15) is 5.75 Å². The normalized spacial score (nSPS) is 10.5. The fourth-order valence-electron chi connectivity index (χ4n) is 2.54. The van der Waals surface area contributed by atoms with Crippen molar-refractivity contribution in [3.63, 3.8) is 0 Å². The van der Waals surface area contributed by atoms with Crippen molar-refractivity contribution in [3.05, 3.63) is 99.6 Å². The van der Waals surface area contributed by atoms with Crippen molar-refractivity contribution in [2.75, 3.05) is 5.32 Å². The average Bonchev–Trinajstić information content (AvgIpc) is 2.75. The molecule has 0 saturated carbocycles. The summed E-state index contributed by atoms with van der Waals surface area (Å²) >= 11 is 0. The number of rotatable bonds is 6. The van der Waals surface area contributed by atoms with Crippen LogP contribution in [-0.2, 0) is 0 Å². The summed E-state index contributed by atoms with van der Waals surface area (Å²) in [5.41, 5.74) is 3.26. The summed E-state index contributed by atoms with van der Waals surface area (Å²) in [6.45, 7) is 0. The molecule has 0 aliphatic carbocycles. The number of amides is 2.